The van der Waals surface area contributed by atoms with Crippen molar-refractivity contribution >= 4 is 11.4 Å². The second-order valence-electron chi connectivity index (χ2n) is 11.7. The Hall–Kier alpha value is -5.25. The minimum absolute atomic E-state index is 0.108. The highest BCUT2D eigenvalue weighted by molar-refractivity contribution is 5.55. The van der Waals surface area contributed by atoms with Crippen molar-refractivity contribution in [1.82, 2.24) is 0 Å². The average molecular weight is 836 g/mol. The first-order valence-corrected chi connectivity index (χ1v) is 14.7. The van der Waals surface area contributed by atoms with Crippen LogP contribution in [-0.2, 0) is 11.3 Å². The summed E-state index contributed by atoms with van der Waals surface area (Å²) in [5.74, 6) is -41.1. The van der Waals surface area contributed by atoms with Crippen LogP contribution in [0.4, 0.5) is 94.8 Å². The molecular weight excluding hydrogens is 817 g/mol. The standard InChI is InChI=1S/C33H19F19N2O2/c34-26(35,27(36,37)28(38,39)29(40,41)30(42,43)33(50,51)52)23-15-22(13-14-24(23)54)56-20-9-3-17(4-10-20)25(31(44,45)46,32(47,48)49)16-1-7-19(8-2-16)55-21-11-5-18(53)6-12-21/h1-15H,53-54H2. The summed E-state index contributed by atoms with van der Waals surface area (Å²) in [4.78, 5) is 0. The van der Waals surface area contributed by atoms with Crippen molar-refractivity contribution in [3.63, 3.8) is 0 Å². The lowest BCUT2D eigenvalue weighted by atomic mass is 9.73. The molecule has 0 aliphatic heterocycles. The lowest BCUT2D eigenvalue weighted by Gasteiger charge is -2.40. The third-order valence-corrected chi connectivity index (χ3v) is 8.07. The highest BCUT2D eigenvalue weighted by Crippen LogP contribution is 2.63. The third-order valence-electron chi connectivity index (χ3n) is 8.07. The first-order chi connectivity index (χ1) is 25.3. The first kappa shape index (κ1) is 43.5. The Morgan fingerprint density at radius 2 is 0.696 bits per heavy atom. The van der Waals surface area contributed by atoms with E-state index >= 15 is 0 Å². The predicted molar refractivity (Wildman–Crippen MR) is 157 cm³/mol. The van der Waals surface area contributed by atoms with Gasteiger partial charge in [0.2, 0.25) is 5.41 Å². The molecule has 56 heavy (non-hydrogen) atoms. The van der Waals surface area contributed by atoms with Crippen LogP contribution in [-0.4, -0.2) is 42.2 Å². The van der Waals surface area contributed by atoms with Crippen molar-refractivity contribution in [3.8, 4) is 23.0 Å². The number of benzene rings is 4. The summed E-state index contributed by atoms with van der Waals surface area (Å²) in [6, 6.07) is 9.26. The van der Waals surface area contributed by atoms with Gasteiger partial charge in [-0.25, -0.2) is 0 Å². The van der Waals surface area contributed by atoms with Gasteiger partial charge in [-0.05, 0) is 77.9 Å². The maximum atomic E-state index is 14.9. The van der Waals surface area contributed by atoms with Crippen LogP contribution in [0.3, 0.4) is 0 Å². The highest BCUT2D eigenvalue weighted by Gasteiger charge is 2.91. The molecule has 0 amide bonds. The summed E-state index contributed by atoms with van der Waals surface area (Å²) >= 11 is 0. The molecule has 0 aliphatic rings. The monoisotopic (exact) mass is 836 g/mol. The number of nitrogens with two attached hydrogens (primary N) is 2. The van der Waals surface area contributed by atoms with Crippen molar-refractivity contribution in [1.29, 1.82) is 0 Å². The molecule has 23 heteroatoms. The number of halogens is 19. The number of ether oxygens (including phenoxy) is 2. The molecular formula is C33H19F19N2O2. The van der Waals surface area contributed by atoms with Gasteiger partial charge in [0.15, 0.2) is 0 Å². The zero-order chi connectivity index (χ0) is 42.7. The van der Waals surface area contributed by atoms with Crippen molar-refractivity contribution in [2.75, 3.05) is 11.5 Å². The zero-order valence-electron chi connectivity index (χ0n) is 26.8. The molecule has 4 N–H and O–H groups in total. The predicted octanol–water partition coefficient (Wildman–Crippen LogP) is 12.0. The van der Waals surface area contributed by atoms with E-state index in [4.69, 9.17) is 20.9 Å². The van der Waals surface area contributed by atoms with Crippen molar-refractivity contribution in [2.24, 2.45) is 0 Å². The number of anilines is 2. The SMILES string of the molecule is Nc1ccc(Oc2ccc(C(c3ccc(Oc4ccc(N)c(C(F)(F)C(F)(F)C(F)(F)C(F)(F)C(F)(F)C(F)(F)F)c4)cc3)(C(F)(F)F)C(F)(F)F)cc2)cc1. The topological polar surface area (TPSA) is 70.5 Å². The summed E-state index contributed by atoms with van der Waals surface area (Å²) < 4.78 is 276. The maximum absolute atomic E-state index is 14.9. The second kappa shape index (κ2) is 13.7. The van der Waals surface area contributed by atoms with E-state index in [1.807, 2.05) is 0 Å². The second-order valence-corrected chi connectivity index (χ2v) is 11.7. The van der Waals surface area contributed by atoms with E-state index in [1.165, 1.54) is 24.3 Å². The number of hydrogen-bond donors (Lipinski definition) is 2. The molecule has 4 rings (SSSR count). The van der Waals surface area contributed by atoms with Crippen molar-refractivity contribution in [3.05, 3.63) is 108 Å². The van der Waals surface area contributed by atoms with Crippen LogP contribution in [0, 0.1) is 0 Å². The van der Waals surface area contributed by atoms with E-state index in [0.29, 0.717) is 36.0 Å². The van der Waals surface area contributed by atoms with Crippen LogP contribution < -0.4 is 20.9 Å². The quantitative estimate of drug-likeness (QED) is 0.117. The van der Waals surface area contributed by atoms with Crippen LogP contribution in [0.5, 0.6) is 23.0 Å². The van der Waals surface area contributed by atoms with Crippen LogP contribution in [0.25, 0.3) is 0 Å². The van der Waals surface area contributed by atoms with E-state index in [1.54, 1.807) is 0 Å². The van der Waals surface area contributed by atoms with Crippen LogP contribution >= 0.6 is 0 Å². The zero-order valence-corrected chi connectivity index (χ0v) is 26.8. The van der Waals surface area contributed by atoms with E-state index in [9.17, 15) is 83.4 Å². The van der Waals surface area contributed by atoms with Gasteiger partial charge in [-0.15, -0.1) is 0 Å². The van der Waals surface area contributed by atoms with Gasteiger partial charge in [0.05, 0.1) is 5.56 Å². The fourth-order valence-corrected chi connectivity index (χ4v) is 5.15. The Balaban J connectivity index is 1.71. The molecule has 0 saturated heterocycles. The molecule has 0 unspecified atom stereocenters. The van der Waals surface area contributed by atoms with E-state index in [2.05, 4.69) is 0 Å². The van der Waals surface area contributed by atoms with E-state index in [0.717, 1.165) is 12.1 Å². The lowest BCUT2D eigenvalue weighted by molar-refractivity contribution is -0.441. The first-order valence-electron chi connectivity index (χ1n) is 14.7. The Morgan fingerprint density at radius 1 is 0.357 bits per heavy atom. The lowest BCUT2D eigenvalue weighted by Crippen LogP contribution is -2.69. The third kappa shape index (κ3) is 6.92. The highest BCUT2D eigenvalue weighted by atomic mass is 19.4. The normalized spacial score (nSPS) is 14.1. The van der Waals surface area contributed by atoms with Crippen LogP contribution in [0.15, 0.2) is 91.0 Å². The van der Waals surface area contributed by atoms with E-state index < -0.39 is 93.5 Å². The van der Waals surface area contributed by atoms with Gasteiger partial charge in [0.1, 0.15) is 23.0 Å². The molecule has 0 aliphatic carbocycles. The minimum Gasteiger partial charge on any atom is -0.457 e. The summed E-state index contributed by atoms with van der Waals surface area (Å²) in [5.41, 5.74) is -1.07. The molecule has 0 radical (unpaired) electrons. The fourth-order valence-electron chi connectivity index (χ4n) is 5.15. The number of alkyl halides is 19. The van der Waals surface area contributed by atoms with E-state index in [-0.39, 0.29) is 29.7 Å². The molecule has 0 aromatic heterocycles. The smallest absolute Gasteiger partial charge is 0.457 e. The average Bonchev–Trinajstić information content (AvgIpc) is 3.06. The van der Waals surface area contributed by atoms with Gasteiger partial charge in [-0.1, -0.05) is 24.3 Å². The fraction of sp³-hybridized carbons (Fsp3) is 0.273. The van der Waals surface area contributed by atoms with Gasteiger partial charge >= 0.3 is 48.1 Å². The molecule has 0 spiro atoms. The Labute approximate surface area is 300 Å². The summed E-state index contributed by atoms with van der Waals surface area (Å²) in [7, 11) is 0. The van der Waals surface area contributed by atoms with Crippen LogP contribution in [0.2, 0.25) is 0 Å². The molecule has 306 valence electrons. The molecule has 0 fully saturated rings. The van der Waals surface area contributed by atoms with Crippen LogP contribution in [0.1, 0.15) is 16.7 Å². The minimum atomic E-state index is -8.20. The molecule has 0 heterocycles. The number of nitrogen functional groups attached to an aromatic ring is 2. The number of rotatable bonds is 11. The Morgan fingerprint density at radius 3 is 1.07 bits per heavy atom. The van der Waals surface area contributed by atoms with Gasteiger partial charge in [-0.2, -0.15) is 83.4 Å². The molecule has 4 aromatic carbocycles. The molecule has 4 aromatic rings. The molecule has 0 bridgehead atoms. The largest absolute Gasteiger partial charge is 0.460 e. The van der Waals surface area contributed by atoms with Gasteiger partial charge < -0.3 is 20.9 Å². The number of hydrogen-bond acceptors (Lipinski definition) is 4. The summed E-state index contributed by atoms with van der Waals surface area (Å²) in [5, 5.41) is 0. The van der Waals surface area contributed by atoms with Crippen molar-refractivity contribution in [2.45, 2.75) is 53.6 Å². The summed E-state index contributed by atoms with van der Waals surface area (Å²) in [6.07, 6.45) is -19.9. The molecule has 0 atom stereocenters. The Kier molecular flexibility index (Phi) is 10.7. The van der Waals surface area contributed by atoms with Gasteiger partial charge in [0, 0.05) is 11.4 Å². The Bertz CT molecular complexity index is 1990. The molecule has 4 nitrogen and oxygen atoms in total. The maximum Gasteiger partial charge on any atom is 0.460 e. The summed E-state index contributed by atoms with van der Waals surface area (Å²) in [6.45, 7) is 0. The van der Waals surface area contributed by atoms with Crippen molar-refractivity contribution < 1.29 is 92.9 Å². The molecule has 0 saturated carbocycles. The van der Waals surface area contributed by atoms with Gasteiger partial charge in [-0.3, -0.25) is 0 Å². The van der Waals surface area contributed by atoms with Gasteiger partial charge in [0.25, 0.3) is 0 Å².